The summed E-state index contributed by atoms with van der Waals surface area (Å²) in [6.45, 7) is 1.90. The van der Waals surface area contributed by atoms with Crippen molar-refractivity contribution in [2.45, 2.75) is 6.92 Å². The molecule has 0 spiro atoms. The van der Waals surface area contributed by atoms with Gasteiger partial charge in [0, 0.05) is 21.2 Å². The zero-order valence-corrected chi connectivity index (χ0v) is 13.8. The van der Waals surface area contributed by atoms with Crippen molar-refractivity contribution in [1.82, 2.24) is 0 Å². The Labute approximate surface area is 144 Å². The Bertz CT molecular complexity index is 872. The van der Waals surface area contributed by atoms with Crippen LogP contribution >= 0.6 is 23.2 Å². The Balaban J connectivity index is 2.20. The van der Waals surface area contributed by atoms with E-state index in [1.54, 1.807) is 24.3 Å². The van der Waals surface area contributed by atoms with E-state index in [1.165, 1.54) is 6.08 Å². The maximum absolute atomic E-state index is 12.3. The highest BCUT2D eigenvalue weighted by Gasteiger charge is 2.26. The van der Waals surface area contributed by atoms with Crippen LogP contribution in [-0.4, -0.2) is 11.6 Å². The van der Waals surface area contributed by atoms with E-state index in [0.29, 0.717) is 26.8 Å². The fourth-order valence-corrected chi connectivity index (χ4v) is 3.21. The number of allylic oxidation sites excluding steroid dienone is 4. The first-order valence-corrected chi connectivity index (χ1v) is 7.77. The molecule has 4 heteroatoms. The normalized spacial score (nSPS) is 14.6. The second-order valence-electron chi connectivity index (χ2n) is 5.26. The molecular weight excluding hydrogens is 331 g/mol. The first kappa shape index (κ1) is 15.7. The summed E-state index contributed by atoms with van der Waals surface area (Å²) in [5.41, 5.74) is 3.12. The van der Waals surface area contributed by atoms with Gasteiger partial charge in [-0.15, -0.1) is 0 Å². The molecule has 0 unspecified atom stereocenters. The third-order valence-electron chi connectivity index (χ3n) is 3.74. The van der Waals surface area contributed by atoms with Crippen LogP contribution in [0.3, 0.4) is 0 Å². The van der Waals surface area contributed by atoms with Gasteiger partial charge in [-0.3, -0.25) is 9.59 Å². The van der Waals surface area contributed by atoms with Crippen molar-refractivity contribution in [3.63, 3.8) is 0 Å². The summed E-state index contributed by atoms with van der Waals surface area (Å²) in [4.78, 5) is 24.4. The summed E-state index contributed by atoms with van der Waals surface area (Å²) in [6, 6.07) is 12.6. The van der Waals surface area contributed by atoms with Gasteiger partial charge >= 0.3 is 0 Å². The lowest BCUT2D eigenvalue weighted by atomic mass is 9.87. The Morgan fingerprint density at radius 1 is 0.826 bits per heavy atom. The van der Waals surface area contributed by atoms with E-state index in [4.69, 9.17) is 23.2 Å². The predicted octanol–water partition coefficient (Wildman–Crippen LogP) is 4.92. The van der Waals surface area contributed by atoms with Crippen molar-refractivity contribution < 1.29 is 9.59 Å². The Hall–Kier alpha value is -2.16. The molecule has 0 fully saturated rings. The highest BCUT2D eigenvalue weighted by Crippen LogP contribution is 2.36. The molecule has 1 aliphatic rings. The molecule has 0 heterocycles. The van der Waals surface area contributed by atoms with Crippen molar-refractivity contribution in [3.05, 3.63) is 81.4 Å². The number of hydrogen-bond acceptors (Lipinski definition) is 2. The van der Waals surface area contributed by atoms with Crippen molar-refractivity contribution in [3.8, 4) is 0 Å². The molecule has 114 valence electrons. The lowest BCUT2D eigenvalue weighted by Gasteiger charge is -2.16. The van der Waals surface area contributed by atoms with Gasteiger partial charge in [-0.25, -0.2) is 0 Å². The van der Waals surface area contributed by atoms with E-state index in [9.17, 15) is 9.59 Å². The van der Waals surface area contributed by atoms with Crippen LogP contribution in [0.25, 0.3) is 11.1 Å². The minimum atomic E-state index is -0.572. The second-order valence-corrected chi connectivity index (χ2v) is 6.08. The molecule has 2 aromatic rings. The molecule has 0 aliphatic heterocycles. The highest BCUT2D eigenvalue weighted by molar-refractivity contribution is 6.59. The highest BCUT2D eigenvalue weighted by atomic mass is 35.5. The number of rotatable bonds is 2. The lowest BCUT2D eigenvalue weighted by Crippen LogP contribution is -2.17. The van der Waals surface area contributed by atoms with Gasteiger partial charge in [0.25, 0.3) is 0 Å². The van der Waals surface area contributed by atoms with E-state index in [2.05, 4.69) is 0 Å². The molecule has 0 radical (unpaired) electrons. The topological polar surface area (TPSA) is 34.1 Å². The van der Waals surface area contributed by atoms with Crippen LogP contribution in [0.5, 0.6) is 0 Å². The average Bonchev–Trinajstić information content (AvgIpc) is 2.51. The Morgan fingerprint density at radius 2 is 1.48 bits per heavy atom. The monoisotopic (exact) mass is 342 g/mol. The lowest BCUT2D eigenvalue weighted by molar-refractivity contribution is -0.130. The van der Waals surface area contributed by atoms with Crippen LogP contribution < -0.4 is 0 Å². The first-order valence-electron chi connectivity index (χ1n) is 7.01. The molecule has 0 N–H and O–H groups in total. The van der Waals surface area contributed by atoms with Gasteiger partial charge in [0.2, 0.25) is 11.6 Å². The van der Waals surface area contributed by atoms with E-state index < -0.39 is 11.6 Å². The molecule has 0 bridgehead atoms. The molecule has 2 aromatic carbocycles. The number of aryl methyl sites for hydroxylation is 1. The molecule has 23 heavy (non-hydrogen) atoms. The third-order valence-corrected chi connectivity index (χ3v) is 4.37. The van der Waals surface area contributed by atoms with Gasteiger partial charge in [0.1, 0.15) is 0 Å². The molecule has 0 saturated carbocycles. The van der Waals surface area contributed by atoms with Crippen molar-refractivity contribution in [2.75, 3.05) is 0 Å². The standard InChI is InChI=1S/C19H12Cl2O2/c1-11-5-2-3-6-13(11)14-9-12(10-17(22)19(14)23)18-15(20)7-4-8-16(18)21/h2-10H,1H3. The fraction of sp³-hybridized carbons (Fsp3) is 0.0526. The summed E-state index contributed by atoms with van der Waals surface area (Å²) in [5, 5.41) is 0.873. The summed E-state index contributed by atoms with van der Waals surface area (Å²) in [6.07, 6.45) is 2.97. The van der Waals surface area contributed by atoms with Gasteiger partial charge in [0.15, 0.2) is 0 Å². The SMILES string of the molecule is Cc1ccccc1C1=CC(c2c(Cl)cccc2Cl)=CC(=O)C1=O. The molecule has 0 aromatic heterocycles. The smallest absolute Gasteiger partial charge is 0.233 e. The van der Waals surface area contributed by atoms with E-state index in [1.807, 2.05) is 31.2 Å². The number of halogens is 2. The maximum Gasteiger partial charge on any atom is 0.233 e. The molecule has 0 saturated heterocycles. The van der Waals surface area contributed by atoms with Crippen LogP contribution in [-0.2, 0) is 9.59 Å². The van der Waals surface area contributed by atoms with Gasteiger partial charge in [-0.2, -0.15) is 0 Å². The van der Waals surface area contributed by atoms with Crippen molar-refractivity contribution >= 4 is 45.9 Å². The van der Waals surface area contributed by atoms with E-state index in [0.717, 1.165) is 11.1 Å². The second kappa shape index (κ2) is 6.15. The van der Waals surface area contributed by atoms with Gasteiger partial charge in [0.05, 0.1) is 0 Å². The van der Waals surface area contributed by atoms with Gasteiger partial charge in [-0.1, -0.05) is 53.5 Å². The summed E-state index contributed by atoms with van der Waals surface area (Å²) in [5.74, 6) is -1.09. The molecule has 3 rings (SSSR count). The van der Waals surface area contributed by atoms with Crippen LogP contribution in [0.1, 0.15) is 16.7 Å². The summed E-state index contributed by atoms with van der Waals surface area (Å²) < 4.78 is 0. The van der Waals surface area contributed by atoms with Crippen LogP contribution in [0.2, 0.25) is 10.0 Å². The molecule has 2 nitrogen and oxygen atoms in total. The van der Waals surface area contributed by atoms with E-state index >= 15 is 0 Å². The molecule has 0 amide bonds. The number of hydrogen-bond donors (Lipinski definition) is 0. The molecule has 1 aliphatic carbocycles. The minimum Gasteiger partial charge on any atom is -0.286 e. The number of carbonyl (C=O) groups excluding carboxylic acids is 2. The van der Waals surface area contributed by atoms with Gasteiger partial charge < -0.3 is 0 Å². The third kappa shape index (κ3) is 2.88. The van der Waals surface area contributed by atoms with Gasteiger partial charge in [-0.05, 0) is 47.9 Å². The Morgan fingerprint density at radius 3 is 2.13 bits per heavy atom. The Kier molecular flexibility index (Phi) is 4.20. The zero-order valence-electron chi connectivity index (χ0n) is 12.3. The van der Waals surface area contributed by atoms with Crippen molar-refractivity contribution in [2.24, 2.45) is 0 Å². The maximum atomic E-state index is 12.3. The van der Waals surface area contributed by atoms with Crippen LogP contribution in [0, 0.1) is 6.92 Å². The largest absolute Gasteiger partial charge is 0.286 e. The average molecular weight is 343 g/mol. The summed E-state index contributed by atoms with van der Waals surface area (Å²) >= 11 is 12.4. The number of ketones is 2. The fourth-order valence-electron chi connectivity index (χ4n) is 2.60. The number of carbonyl (C=O) groups is 2. The predicted molar refractivity (Wildman–Crippen MR) is 93.6 cm³/mol. The van der Waals surface area contributed by atoms with E-state index in [-0.39, 0.29) is 0 Å². The molecule has 0 atom stereocenters. The van der Waals surface area contributed by atoms with Crippen LogP contribution in [0.15, 0.2) is 54.6 Å². The first-order chi connectivity index (χ1) is 11.0. The zero-order chi connectivity index (χ0) is 16.6. The van der Waals surface area contributed by atoms with Crippen molar-refractivity contribution in [1.29, 1.82) is 0 Å². The summed E-state index contributed by atoms with van der Waals surface area (Å²) in [7, 11) is 0. The number of benzene rings is 2. The minimum absolute atomic E-state index is 0.363. The number of Topliss-reactive ketones (excluding diaryl/α,β-unsaturated/α-hetero) is 1. The van der Waals surface area contributed by atoms with Crippen LogP contribution in [0.4, 0.5) is 0 Å². The molecular formula is C19H12Cl2O2. The quantitative estimate of drug-likeness (QED) is 0.573.